The second-order valence-corrected chi connectivity index (χ2v) is 4.10. The molecule has 0 aliphatic carbocycles. The third-order valence-corrected chi connectivity index (χ3v) is 2.57. The molecule has 11 heteroatoms. The molecule has 2 N–H and O–H groups in total. The van der Waals surface area contributed by atoms with Crippen molar-refractivity contribution in [3.63, 3.8) is 0 Å². The van der Waals surface area contributed by atoms with Crippen LogP contribution >= 0.6 is 0 Å². The van der Waals surface area contributed by atoms with Crippen molar-refractivity contribution in [2.24, 2.45) is 5.10 Å². The number of H-pyrrole nitrogens is 1. The molecule has 0 radical (unpaired) electrons. The summed E-state index contributed by atoms with van der Waals surface area (Å²) in [5.41, 5.74) is 2.79. The van der Waals surface area contributed by atoms with Crippen LogP contribution in [0.5, 0.6) is 11.5 Å². The van der Waals surface area contributed by atoms with E-state index in [0.29, 0.717) is 12.2 Å². The quantitative estimate of drug-likeness (QED) is 0.421. The molecular weight excluding hydrogens is 306 g/mol. The number of hydrazone groups is 1. The molecule has 0 spiro atoms. The summed E-state index contributed by atoms with van der Waals surface area (Å²) in [4.78, 5) is 10.7. The Morgan fingerprint density at radius 2 is 2.17 bits per heavy atom. The largest absolute Gasteiger partial charge is 0.490 e. The number of nitrogens with one attached hydrogen (secondary N) is 2. The summed E-state index contributed by atoms with van der Waals surface area (Å²) in [5.74, 6) is 0.555. The van der Waals surface area contributed by atoms with Crippen LogP contribution in [0, 0.1) is 10.1 Å². The molecule has 2 aromatic rings. The van der Waals surface area contributed by atoms with Gasteiger partial charge in [0.25, 0.3) is 5.95 Å². The molecule has 1 aromatic carbocycles. The Morgan fingerprint density at radius 3 is 2.78 bits per heavy atom. The number of anilines is 1. The van der Waals surface area contributed by atoms with Crippen molar-refractivity contribution in [1.82, 2.24) is 20.6 Å². The van der Waals surface area contributed by atoms with E-state index in [0.717, 1.165) is 0 Å². The maximum Gasteiger partial charge on any atom is 0.315 e. The van der Waals surface area contributed by atoms with Gasteiger partial charge in [-0.1, -0.05) is 5.10 Å². The average molecular weight is 321 g/mol. The second-order valence-electron chi connectivity index (χ2n) is 4.10. The van der Waals surface area contributed by atoms with Gasteiger partial charge in [-0.15, -0.1) is 5.10 Å². The SMILES string of the molecule is CCOc1cc(/C=N\Nc2nn[nH]n2)cc([N+](=O)[O-])c1OCC. The Hall–Kier alpha value is -3.24. The van der Waals surface area contributed by atoms with Crippen LogP contribution in [0.25, 0.3) is 0 Å². The van der Waals surface area contributed by atoms with Gasteiger partial charge in [0.05, 0.1) is 24.4 Å². The predicted octanol–water partition coefficient (Wildman–Crippen LogP) is 1.35. The second kappa shape index (κ2) is 7.68. The van der Waals surface area contributed by atoms with Crippen LogP contribution in [0.15, 0.2) is 17.2 Å². The lowest BCUT2D eigenvalue weighted by atomic mass is 10.2. The maximum absolute atomic E-state index is 11.2. The van der Waals surface area contributed by atoms with E-state index in [9.17, 15) is 10.1 Å². The lowest BCUT2D eigenvalue weighted by Gasteiger charge is -2.11. The molecule has 2 rings (SSSR count). The zero-order valence-electron chi connectivity index (χ0n) is 12.5. The Kier molecular flexibility index (Phi) is 5.39. The number of tetrazole rings is 1. The zero-order chi connectivity index (χ0) is 16.7. The summed E-state index contributed by atoms with van der Waals surface area (Å²) in [7, 11) is 0. The molecule has 23 heavy (non-hydrogen) atoms. The van der Waals surface area contributed by atoms with Crippen LogP contribution in [-0.2, 0) is 0 Å². The van der Waals surface area contributed by atoms with E-state index in [2.05, 4.69) is 31.2 Å². The Bertz CT molecular complexity index is 687. The highest BCUT2D eigenvalue weighted by Crippen LogP contribution is 2.38. The number of aromatic amines is 1. The molecule has 0 aliphatic rings. The average Bonchev–Trinajstić information content (AvgIpc) is 3.03. The topological polar surface area (TPSA) is 140 Å². The molecule has 0 saturated heterocycles. The van der Waals surface area contributed by atoms with Crippen LogP contribution < -0.4 is 14.9 Å². The molecule has 1 heterocycles. The van der Waals surface area contributed by atoms with Crippen LogP contribution in [0.2, 0.25) is 0 Å². The van der Waals surface area contributed by atoms with E-state index in [-0.39, 0.29) is 29.7 Å². The lowest BCUT2D eigenvalue weighted by molar-refractivity contribution is -0.385. The number of nitro groups is 1. The highest BCUT2D eigenvalue weighted by molar-refractivity contribution is 5.83. The molecule has 11 nitrogen and oxygen atoms in total. The first kappa shape index (κ1) is 16.1. The smallest absolute Gasteiger partial charge is 0.315 e. The maximum atomic E-state index is 11.2. The van der Waals surface area contributed by atoms with Crippen molar-refractivity contribution in [2.45, 2.75) is 13.8 Å². The summed E-state index contributed by atoms with van der Waals surface area (Å²) < 4.78 is 10.8. The van der Waals surface area contributed by atoms with Gasteiger partial charge >= 0.3 is 5.69 Å². The minimum atomic E-state index is -0.530. The predicted molar refractivity (Wildman–Crippen MR) is 80.8 cm³/mol. The van der Waals surface area contributed by atoms with Gasteiger partial charge in [-0.25, -0.2) is 5.43 Å². The van der Waals surface area contributed by atoms with Gasteiger partial charge in [0.1, 0.15) is 0 Å². The van der Waals surface area contributed by atoms with Crippen LogP contribution in [-0.4, -0.2) is 45.0 Å². The molecule has 0 aliphatic heterocycles. The van der Waals surface area contributed by atoms with Crippen LogP contribution in [0.1, 0.15) is 19.4 Å². The third-order valence-electron chi connectivity index (χ3n) is 2.57. The monoisotopic (exact) mass is 321 g/mol. The minimum absolute atomic E-state index is 0.0997. The first-order valence-electron chi connectivity index (χ1n) is 6.76. The van der Waals surface area contributed by atoms with Gasteiger partial charge in [-0.05, 0) is 25.1 Å². The van der Waals surface area contributed by atoms with Gasteiger partial charge in [0.2, 0.25) is 5.75 Å². The first-order chi connectivity index (χ1) is 11.2. The van der Waals surface area contributed by atoms with Crippen LogP contribution in [0.4, 0.5) is 11.6 Å². The lowest BCUT2D eigenvalue weighted by Crippen LogP contribution is -2.03. The summed E-state index contributed by atoms with van der Waals surface area (Å²) in [6.45, 7) is 4.15. The molecule has 0 unspecified atom stereocenters. The summed E-state index contributed by atoms with van der Waals surface area (Å²) in [6.07, 6.45) is 1.38. The number of benzene rings is 1. The molecule has 0 atom stereocenters. The van der Waals surface area contributed by atoms with E-state index in [1.807, 2.05) is 0 Å². The minimum Gasteiger partial charge on any atom is -0.490 e. The molecule has 0 amide bonds. The highest BCUT2D eigenvalue weighted by atomic mass is 16.6. The van der Waals surface area contributed by atoms with Crippen molar-refractivity contribution in [2.75, 3.05) is 18.6 Å². The van der Waals surface area contributed by atoms with Gasteiger partial charge in [0, 0.05) is 11.6 Å². The van der Waals surface area contributed by atoms with Crippen molar-refractivity contribution in [1.29, 1.82) is 0 Å². The van der Waals surface area contributed by atoms with Gasteiger partial charge in [-0.2, -0.15) is 10.3 Å². The summed E-state index contributed by atoms with van der Waals surface area (Å²) in [6, 6.07) is 2.94. The normalized spacial score (nSPS) is 10.7. The van der Waals surface area contributed by atoms with Gasteiger partial charge in [0.15, 0.2) is 5.75 Å². The third kappa shape index (κ3) is 4.12. The van der Waals surface area contributed by atoms with Gasteiger partial charge in [-0.3, -0.25) is 10.1 Å². The molecule has 122 valence electrons. The summed E-state index contributed by atoms with van der Waals surface area (Å²) >= 11 is 0. The number of hydrogen-bond acceptors (Lipinski definition) is 9. The first-order valence-corrected chi connectivity index (χ1v) is 6.76. The van der Waals surface area contributed by atoms with Gasteiger partial charge < -0.3 is 9.47 Å². The number of aromatic nitrogens is 4. The Labute approximate surface area is 130 Å². The number of nitrogens with zero attached hydrogens (tertiary/aromatic N) is 5. The van der Waals surface area contributed by atoms with E-state index in [4.69, 9.17) is 9.47 Å². The molecule has 0 bridgehead atoms. The number of nitro benzene ring substituents is 1. The van der Waals surface area contributed by atoms with Crippen LogP contribution in [0.3, 0.4) is 0 Å². The Morgan fingerprint density at radius 1 is 1.39 bits per heavy atom. The standard InChI is InChI=1S/C12H15N7O4/c1-3-22-10-6-8(7-13-14-12-15-17-18-16-12)5-9(19(20)21)11(10)23-4-2/h5-7H,3-4H2,1-2H3,(H2,14,15,16,17,18)/b13-7-. The van der Waals surface area contributed by atoms with Crippen molar-refractivity contribution in [3.05, 3.63) is 27.8 Å². The van der Waals surface area contributed by atoms with E-state index < -0.39 is 4.92 Å². The number of ether oxygens (including phenoxy) is 2. The van der Waals surface area contributed by atoms with E-state index in [1.165, 1.54) is 12.3 Å². The number of hydrogen-bond donors (Lipinski definition) is 2. The fourth-order valence-electron chi connectivity index (χ4n) is 1.74. The fourth-order valence-corrected chi connectivity index (χ4v) is 1.74. The molecule has 0 fully saturated rings. The molecule has 0 saturated carbocycles. The van der Waals surface area contributed by atoms with E-state index in [1.54, 1.807) is 19.9 Å². The van der Waals surface area contributed by atoms with Crippen molar-refractivity contribution in [3.8, 4) is 11.5 Å². The zero-order valence-corrected chi connectivity index (χ0v) is 12.5. The highest BCUT2D eigenvalue weighted by Gasteiger charge is 2.22. The van der Waals surface area contributed by atoms with Crippen molar-refractivity contribution < 1.29 is 14.4 Å². The summed E-state index contributed by atoms with van der Waals surface area (Å²) in [5, 5.41) is 28.0. The molecule has 1 aromatic heterocycles. The molecular formula is C12H15N7O4. The number of rotatable bonds is 8. The fraction of sp³-hybridized carbons (Fsp3) is 0.333. The Balaban J connectivity index is 2.31. The van der Waals surface area contributed by atoms with E-state index >= 15 is 0 Å². The van der Waals surface area contributed by atoms with Crippen molar-refractivity contribution >= 4 is 17.9 Å².